The number of aromatic nitrogens is 1. The third kappa shape index (κ3) is 4.20. The van der Waals surface area contributed by atoms with Crippen LogP contribution in [-0.4, -0.2) is 29.3 Å². The van der Waals surface area contributed by atoms with Crippen molar-refractivity contribution in [3.63, 3.8) is 0 Å². The molecule has 128 valence electrons. The summed E-state index contributed by atoms with van der Waals surface area (Å²) >= 11 is 1.65. The highest BCUT2D eigenvalue weighted by Gasteiger charge is 2.18. The van der Waals surface area contributed by atoms with Crippen molar-refractivity contribution < 1.29 is 14.3 Å². The summed E-state index contributed by atoms with van der Waals surface area (Å²) in [6, 6.07) is 9.44. The van der Waals surface area contributed by atoms with Crippen LogP contribution in [0.15, 0.2) is 35.2 Å². The van der Waals surface area contributed by atoms with Crippen molar-refractivity contribution in [3.8, 4) is 0 Å². The SMILES string of the molecule is CCOC(=O)c1cc(C)n(CC(=O)Nc2ccc(SC)cc2)c1C. The Morgan fingerprint density at radius 2 is 1.88 bits per heavy atom. The summed E-state index contributed by atoms with van der Waals surface area (Å²) < 4.78 is 6.86. The highest BCUT2D eigenvalue weighted by atomic mass is 32.2. The van der Waals surface area contributed by atoms with E-state index in [0.29, 0.717) is 12.2 Å². The second kappa shape index (κ2) is 8.06. The fourth-order valence-corrected chi connectivity index (χ4v) is 2.89. The van der Waals surface area contributed by atoms with Crippen LogP contribution in [0.2, 0.25) is 0 Å². The number of thioether (sulfide) groups is 1. The summed E-state index contributed by atoms with van der Waals surface area (Å²) in [5.41, 5.74) is 2.85. The van der Waals surface area contributed by atoms with Crippen LogP contribution in [0, 0.1) is 13.8 Å². The summed E-state index contributed by atoms with van der Waals surface area (Å²) in [6.45, 7) is 5.94. The lowest BCUT2D eigenvalue weighted by molar-refractivity contribution is -0.116. The molecule has 1 heterocycles. The predicted octanol–water partition coefficient (Wildman–Crippen LogP) is 3.64. The molecule has 0 radical (unpaired) electrons. The minimum atomic E-state index is -0.357. The maximum Gasteiger partial charge on any atom is 0.339 e. The van der Waals surface area contributed by atoms with E-state index >= 15 is 0 Å². The average Bonchev–Trinajstić information content (AvgIpc) is 2.84. The third-order valence-electron chi connectivity index (χ3n) is 3.74. The number of nitrogens with one attached hydrogen (secondary N) is 1. The smallest absolute Gasteiger partial charge is 0.339 e. The van der Waals surface area contributed by atoms with Gasteiger partial charge in [-0.05, 0) is 57.4 Å². The maximum atomic E-state index is 12.3. The van der Waals surface area contributed by atoms with Crippen LogP contribution in [0.25, 0.3) is 0 Å². The number of ether oxygens (including phenoxy) is 1. The van der Waals surface area contributed by atoms with E-state index in [9.17, 15) is 9.59 Å². The van der Waals surface area contributed by atoms with Crippen LogP contribution < -0.4 is 5.32 Å². The van der Waals surface area contributed by atoms with Crippen molar-refractivity contribution in [3.05, 3.63) is 47.3 Å². The number of esters is 1. The van der Waals surface area contributed by atoms with Gasteiger partial charge in [0.25, 0.3) is 0 Å². The molecule has 24 heavy (non-hydrogen) atoms. The Kier molecular flexibility index (Phi) is 6.09. The van der Waals surface area contributed by atoms with Crippen molar-refractivity contribution in [1.29, 1.82) is 0 Å². The van der Waals surface area contributed by atoms with E-state index in [0.717, 1.165) is 22.0 Å². The highest BCUT2D eigenvalue weighted by molar-refractivity contribution is 7.98. The highest BCUT2D eigenvalue weighted by Crippen LogP contribution is 2.19. The molecule has 0 atom stereocenters. The van der Waals surface area contributed by atoms with E-state index in [2.05, 4.69) is 5.32 Å². The zero-order chi connectivity index (χ0) is 17.7. The molecule has 2 rings (SSSR count). The lowest BCUT2D eigenvalue weighted by Crippen LogP contribution is -2.20. The van der Waals surface area contributed by atoms with Gasteiger partial charge in [-0.25, -0.2) is 4.79 Å². The van der Waals surface area contributed by atoms with Gasteiger partial charge >= 0.3 is 5.97 Å². The fourth-order valence-electron chi connectivity index (χ4n) is 2.48. The number of carbonyl (C=O) groups excluding carboxylic acids is 2. The topological polar surface area (TPSA) is 60.3 Å². The lowest BCUT2D eigenvalue weighted by Gasteiger charge is -2.11. The van der Waals surface area contributed by atoms with Gasteiger partial charge in [0.15, 0.2) is 0 Å². The second-order valence-corrected chi connectivity index (χ2v) is 6.25. The van der Waals surface area contributed by atoms with Gasteiger partial charge in [0, 0.05) is 22.0 Å². The average molecular weight is 346 g/mol. The van der Waals surface area contributed by atoms with Crippen LogP contribution in [-0.2, 0) is 16.1 Å². The number of rotatable bonds is 6. The maximum absolute atomic E-state index is 12.3. The molecule has 6 heteroatoms. The first-order valence-electron chi connectivity index (χ1n) is 7.74. The molecule has 0 saturated carbocycles. The molecule has 2 aromatic rings. The molecule has 0 saturated heterocycles. The molecule has 5 nitrogen and oxygen atoms in total. The zero-order valence-electron chi connectivity index (χ0n) is 14.4. The van der Waals surface area contributed by atoms with E-state index < -0.39 is 0 Å². The summed E-state index contributed by atoms with van der Waals surface area (Å²) in [4.78, 5) is 25.4. The summed E-state index contributed by atoms with van der Waals surface area (Å²) in [6.07, 6.45) is 2.01. The van der Waals surface area contributed by atoms with Crippen molar-refractivity contribution >= 4 is 29.3 Å². The molecule has 0 spiro atoms. The van der Waals surface area contributed by atoms with Gasteiger partial charge in [0.1, 0.15) is 6.54 Å². The molecule has 0 aliphatic heterocycles. The Balaban J connectivity index is 2.09. The summed E-state index contributed by atoms with van der Waals surface area (Å²) in [7, 11) is 0. The van der Waals surface area contributed by atoms with Gasteiger partial charge in [-0.15, -0.1) is 11.8 Å². The zero-order valence-corrected chi connectivity index (χ0v) is 15.2. The van der Waals surface area contributed by atoms with Crippen LogP contribution in [0.3, 0.4) is 0 Å². The minimum Gasteiger partial charge on any atom is -0.462 e. The first kappa shape index (κ1) is 18.1. The first-order chi connectivity index (χ1) is 11.5. The molecule has 1 aromatic heterocycles. The van der Waals surface area contributed by atoms with Crippen molar-refractivity contribution in [2.24, 2.45) is 0 Å². The molecule has 1 aromatic carbocycles. The van der Waals surface area contributed by atoms with E-state index in [1.54, 1.807) is 24.8 Å². The van der Waals surface area contributed by atoms with Crippen LogP contribution in [0.1, 0.15) is 28.7 Å². The number of hydrogen-bond donors (Lipinski definition) is 1. The number of benzene rings is 1. The van der Waals surface area contributed by atoms with E-state index in [4.69, 9.17) is 4.74 Å². The molecule has 1 N–H and O–H groups in total. The van der Waals surface area contributed by atoms with E-state index in [1.807, 2.05) is 48.9 Å². The quantitative estimate of drug-likeness (QED) is 0.641. The van der Waals surface area contributed by atoms with Gasteiger partial charge in [-0.1, -0.05) is 0 Å². The van der Waals surface area contributed by atoms with Crippen LogP contribution >= 0.6 is 11.8 Å². The van der Waals surface area contributed by atoms with E-state index in [-0.39, 0.29) is 18.4 Å². The Morgan fingerprint density at radius 3 is 2.46 bits per heavy atom. The van der Waals surface area contributed by atoms with Gasteiger partial charge in [0.05, 0.1) is 12.2 Å². The number of aryl methyl sites for hydroxylation is 1. The number of anilines is 1. The molecule has 0 aliphatic rings. The normalized spacial score (nSPS) is 10.5. The lowest BCUT2D eigenvalue weighted by atomic mass is 10.2. The first-order valence-corrected chi connectivity index (χ1v) is 8.96. The Bertz CT molecular complexity index is 735. The Hall–Kier alpha value is -2.21. The second-order valence-electron chi connectivity index (χ2n) is 5.37. The molecule has 0 bridgehead atoms. The standard InChI is InChI=1S/C18H22N2O3S/c1-5-23-18(22)16-10-12(2)20(13(16)3)11-17(21)19-14-6-8-15(24-4)9-7-14/h6-10H,5,11H2,1-4H3,(H,19,21). The molecular weight excluding hydrogens is 324 g/mol. The molecule has 1 amide bonds. The Morgan fingerprint density at radius 1 is 1.21 bits per heavy atom. The molecular formula is C18H22N2O3S. The number of carbonyl (C=O) groups is 2. The Labute approximate surface area is 146 Å². The predicted molar refractivity (Wildman–Crippen MR) is 96.7 cm³/mol. The summed E-state index contributed by atoms with van der Waals surface area (Å²) in [5, 5.41) is 2.87. The molecule has 0 unspecified atom stereocenters. The van der Waals surface area contributed by atoms with Crippen molar-refractivity contribution in [1.82, 2.24) is 4.57 Å². The third-order valence-corrected chi connectivity index (χ3v) is 4.49. The molecule has 0 aliphatic carbocycles. The summed E-state index contributed by atoms with van der Waals surface area (Å²) in [5.74, 6) is -0.492. The number of nitrogens with zero attached hydrogens (tertiary/aromatic N) is 1. The van der Waals surface area contributed by atoms with Gasteiger partial charge in [-0.3, -0.25) is 4.79 Å². The van der Waals surface area contributed by atoms with Crippen molar-refractivity contribution in [2.75, 3.05) is 18.2 Å². The van der Waals surface area contributed by atoms with Crippen LogP contribution in [0.5, 0.6) is 0 Å². The van der Waals surface area contributed by atoms with Crippen molar-refractivity contribution in [2.45, 2.75) is 32.2 Å². The van der Waals surface area contributed by atoms with E-state index in [1.165, 1.54) is 0 Å². The van der Waals surface area contributed by atoms with Gasteiger partial charge in [-0.2, -0.15) is 0 Å². The number of hydrogen-bond acceptors (Lipinski definition) is 4. The van der Waals surface area contributed by atoms with Gasteiger partial charge < -0.3 is 14.6 Å². The largest absolute Gasteiger partial charge is 0.462 e. The number of amides is 1. The monoisotopic (exact) mass is 346 g/mol. The fraction of sp³-hybridized carbons (Fsp3) is 0.333. The van der Waals surface area contributed by atoms with Crippen LogP contribution in [0.4, 0.5) is 5.69 Å². The minimum absolute atomic E-state index is 0.135. The van der Waals surface area contributed by atoms with Gasteiger partial charge in [0.2, 0.25) is 5.91 Å². The molecule has 0 fully saturated rings.